The largest absolute Gasteiger partial charge is 0.489 e. The molecule has 0 aliphatic heterocycles. The summed E-state index contributed by atoms with van der Waals surface area (Å²) < 4.78 is 7.12. The zero-order valence-electron chi connectivity index (χ0n) is 12.8. The molecule has 2 nitrogen and oxygen atoms in total. The number of hydrogen-bond acceptors (Lipinski definition) is 2. The molecule has 0 saturated heterocycles. The molecule has 0 aliphatic rings. The minimum absolute atomic E-state index is 0.123. The number of rotatable bonds is 5. The highest BCUT2D eigenvalue weighted by Crippen LogP contribution is 2.16. The average molecular weight is 395 g/mol. The summed E-state index contributed by atoms with van der Waals surface area (Å²) in [5.41, 5.74) is 2.55. The predicted octanol–water partition coefficient (Wildman–Crippen LogP) is 4.76. The lowest BCUT2D eigenvalue weighted by Gasteiger charge is -2.20. The standard InChI is InChI=1S/C18H22INO/c1-18(2,3)20-12-15-5-4-6-17(11-15)21-13-14-7-9-16(19)10-8-14/h4-11,20H,12-13H2,1-3H3. The topological polar surface area (TPSA) is 21.3 Å². The maximum atomic E-state index is 5.87. The van der Waals surface area contributed by atoms with Gasteiger partial charge < -0.3 is 10.1 Å². The number of benzene rings is 2. The lowest BCUT2D eigenvalue weighted by atomic mass is 10.1. The molecular weight excluding hydrogens is 373 g/mol. The van der Waals surface area contributed by atoms with Crippen molar-refractivity contribution in [2.75, 3.05) is 0 Å². The van der Waals surface area contributed by atoms with Crippen LogP contribution in [0.5, 0.6) is 5.75 Å². The Kier molecular flexibility index (Phi) is 5.65. The van der Waals surface area contributed by atoms with Gasteiger partial charge in [-0.3, -0.25) is 0 Å². The second kappa shape index (κ2) is 7.27. The first-order chi connectivity index (χ1) is 9.92. The van der Waals surface area contributed by atoms with Crippen molar-refractivity contribution in [2.24, 2.45) is 0 Å². The van der Waals surface area contributed by atoms with E-state index in [9.17, 15) is 0 Å². The highest BCUT2D eigenvalue weighted by Gasteiger charge is 2.08. The molecule has 3 heteroatoms. The number of nitrogens with one attached hydrogen (secondary N) is 1. The summed E-state index contributed by atoms with van der Waals surface area (Å²) >= 11 is 2.31. The first kappa shape index (κ1) is 16.3. The lowest BCUT2D eigenvalue weighted by molar-refractivity contribution is 0.305. The molecule has 0 unspecified atom stereocenters. The van der Waals surface area contributed by atoms with Gasteiger partial charge in [-0.05, 0) is 78.8 Å². The quantitative estimate of drug-likeness (QED) is 0.738. The van der Waals surface area contributed by atoms with Gasteiger partial charge in [0.2, 0.25) is 0 Å². The van der Waals surface area contributed by atoms with Crippen LogP contribution in [0.3, 0.4) is 0 Å². The van der Waals surface area contributed by atoms with E-state index in [0.29, 0.717) is 6.61 Å². The molecule has 0 fully saturated rings. The third-order valence-electron chi connectivity index (χ3n) is 3.04. The maximum Gasteiger partial charge on any atom is 0.120 e. The fraction of sp³-hybridized carbons (Fsp3) is 0.333. The van der Waals surface area contributed by atoms with Gasteiger partial charge in [0.25, 0.3) is 0 Å². The Morgan fingerprint density at radius 1 is 1.00 bits per heavy atom. The average Bonchev–Trinajstić information content (AvgIpc) is 2.44. The van der Waals surface area contributed by atoms with E-state index in [4.69, 9.17) is 4.74 Å². The summed E-state index contributed by atoms with van der Waals surface area (Å²) in [5.74, 6) is 0.918. The van der Waals surface area contributed by atoms with Gasteiger partial charge in [0.1, 0.15) is 12.4 Å². The van der Waals surface area contributed by atoms with E-state index < -0.39 is 0 Å². The molecule has 0 bridgehead atoms. The maximum absolute atomic E-state index is 5.87. The highest BCUT2D eigenvalue weighted by molar-refractivity contribution is 14.1. The number of halogens is 1. The zero-order valence-corrected chi connectivity index (χ0v) is 15.0. The van der Waals surface area contributed by atoms with Crippen LogP contribution in [0.2, 0.25) is 0 Å². The minimum atomic E-state index is 0.123. The van der Waals surface area contributed by atoms with Crippen LogP contribution in [0.15, 0.2) is 48.5 Å². The molecule has 0 atom stereocenters. The van der Waals surface area contributed by atoms with Gasteiger partial charge in [-0.1, -0.05) is 24.3 Å². The van der Waals surface area contributed by atoms with Crippen molar-refractivity contribution in [3.8, 4) is 5.75 Å². The van der Waals surface area contributed by atoms with Crippen LogP contribution in [0.4, 0.5) is 0 Å². The Bertz CT molecular complexity index is 573. The predicted molar refractivity (Wildman–Crippen MR) is 96.5 cm³/mol. The molecule has 0 amide bonds. The molecule has 21 heavy (non-hydrogen) atoms. The second-order valence-electron chi connectivity index (χ2n) is 6.17. The van der Waals surface area contributed by atoms with E-state index in [2.05, 4.69) is 85.1 Å². The van der Waals surface area contributed by atoms with E-state index in [1.54, 1.807) is 0 Å². The summed E-state index contributed by atoms with van der Waals surface area (Å²) in [7, 11) is 0. The van der Waals surface area contributed by atoms with E-state index in [1.807, 2.05) is 12.1 Å². The molecule has 2 aromatic carbocycles. The Balaban J connectivity index is 1.93. The Labute approximate surface area is 141 Å². The molecule has 1 N–H and O–H groups in total. The molecule has 0 spiro atoms. The van der Waals surface area contributed by atoms with Crippen LogP contribution in [0.1, 0.15) is 31.9 Å². The Hall–Kier alpha value is -1.07. The smallest absolute Gasteiger partial charge is 0.120 e. The Morgan fingerprint density at radius 2 is 1.71 bits per heavy atom. The third kappa shape index (κ3) is 6.06. The van der Waals surface area contributed by atoms with E-state index in [1.165, 1.54) is 14.7 Å². The molecule has 0 saturated carbocycles. The second-order valence-corrected chi connectivity index (χ2v) is 7.41. The molecule has 0 heterocycles. The van der Waals surface area contributed by atoms with Gasteiger partial charge >= 0.3 is 0 Å². The van der Waals surface area contributed by atoms with Crippen LogP contribution in [0, 0.1) is 3.57 Å². The molecule has 2 rings (SSSR count). The first-order valence-corrected chi connectivity index (χ1v) is 8.21. The summed E-state index contributed by atoms with van der Waals surface area (Å²) in [6.45, 7) is 7.97. The fourth-order valence-corrected chi connectivity index (χ4v) is 2.22. The summed E-state index contributed by atoms with van der Waals surface area (Å²) in [4.78, 5) is 0. The number of hydrogen-bond donors (Lipinski definition) is 1. The molecular formula is C18H22INO. The molecule has 0 aliphatic carbocycles. The normalized spacial score (nSPS) is 11.4. The SMILES string of the molecule is CC(C)(C)NCc1cccc(OCc2ccc(I)cc2)c1. The van der Waals surface area contributed by atoms with Gasteiger partial charge in [-0.2, -0.15) is 0 Å². The van der Waals surface area contributed by atoms with Crippen LogP contribution in [-0.2, 0) is 13.2 Å². The lowest BCUT2D eigenvalue weighted by Crippen LogP contribution is -2.35. The molecule has 2 aromatic rings. The third-order valence-corrected chi connectivity index (χ3v) is 3.76. The van der Waals surface area contributed by atoms with E-state index in [-0.39, 0.29) is 5.54 Å². The van der Waals surface area contributed by atoms with Crippen LogP contribution < -0.4 is 10.1 Å². The van der Waals surface area contributed by atoms with E-state index >= 15 is 0 Å². The van der Waals surface area contributed by atoms with Crippen molar-refractivity contribution in [2.45, 2.75) is 39.5 Å². The van der Waals surface area contributed by atoms with Gasteiger partial charge in [-0.25, -0.2) is 0 Å². The minimum Gasteiger partial charge on any atom is -0.489 e. The van der Waals surface area contributed by atoms with Crippen LogP contribution in [0.25, 0.3) is 0 Å². The van der Waals surface area contributed by atoms with Gasteiger partial charge in [-0.15, -0.1) is 0 Å². The van der Waals surface area contributed by atoms with Crippen molar-refractivity contribution in [1.29, 1.82) is 0 Å². The summed E-state index contributed by atoms with van der Waals surface area (Å²) in [6, 6.07) is 16.7. The van der Waals surface area contributed by atoms with Crippen LogP contribution in [-0.4, -0.2) is 5.54 Å². The van der Waals surface area contributed by atoms with Gasteiger partial charge in [0.15, 0.2) is 0 Å². The summed E-state index contributed by atoms with van der Waals surface area (Å²) in [6.07, 6.45) is 0. The highest BCUT2D eigenvalue weighted by atomic mass is 127. The number of ether oxygens (including phenoxy) is 1. The fourth-order valence-electron chi connectivity index (χ4n) is 1.86. The Morgan fingerprint density at radius 3 is 2.38 bits per heavy atom. The van der Waals surface area contributed by atoms with Crippen molar-refractivity contribution >= 4 is 22.6 Å². The van der Waals surface area contributed by atoms with Crippen LogP contribution >= 0.6 is 22.6 Å². The summed E-state index contributed by atoms with van der Waals surface area (Å²) in [5, 5.41) is 3.49. The monoisotopic (exact) mass is 395 g/mol. The van der Waals surface area contributed by atoms with Gasteiger partial charge in [0, 0.05) is 15.7 Å². The van der Waals surface area contributed by atoms with Crippen molar-refractivity contribution in [3.63, 3.8) is 0 Å². The van der Waals surface area contributed by atoms with Crippen molar-refractivity contribution in [1.82, 2.24) is 5.32 Å². The van der Waals surface area contributed by atoms with Crippen molar-refractivity contribution in [3.05, 3.63) is 63.2 Å². The van der Waals surface area contributed by atoms with Gasteiger partial charge in [0.05, 0.1) is 0 Å². The van der Waals surface area contributed by atoms with Crippen molar-refractivity contribution < 1.29 is 4.74 Å². The zero-order chi connectivity index (χ0) is 15.3. The van der Waals surface area contributed by atoms with E-state index in [0.717, 1.165) is 12.3 Å². The molecule has 0 radical (unpaired) electrons. The molecule has 112 valence electrons. The first-order valence-electron chi connectivity index (χ1n) is 7.14. The molecule has 0 aromatic heterocycles.